The minimum atomic E-state index is 0.946. The second kappa shape index (κ2) is 10.7. The second-order valence-corrected chi connectivity index (χ2v) is 12.8. The largest absolute Gasteiger partial charge is 0.456 e. The van der Waals surface area contributed by atoms with Crippen molar-refractivity contribution in [2.24, 2.45) is 0 Å². The standard InChI is InChI=1S/C42H32OS/c1-4-5-12-26(2)39-30-13-6-8-15-32(30)40(33-16-9-7-14-31(33)39)27(3)19-21-29-25-28-20-22-34-35(42(28)44-29)23-24-38-41(34)36-17-10-11-18-37(36)43-38/h4-24H,25H2,1-3H3/b5-4-,26-12+,27-19+,29-21+. The summed E-state index contributed by atoms with van der Waals surface area (Å²) in [4.78, 5) is 2.75. The minimum Gasteiger partial charge on any atom is -0.456 e. The zero-order chi connectivity index (χ0) is 29.8. The zero-order valence-electron chi connectivity index (χ0n) is 25.1. The van der Waals surface area contributed by atoms with E-state index in [2.05, 4.69) is 142 Å². The molecule has 0 saturated carbocycles. The fourth-order valence-corrected chi connectivity index (χ4v) is 8.14. The van der Waals surface area contributed by atoms with Crippen LogP contribution in [0.2, 0.25) is 0 Å². The lowest BCUT2D eigenvalue weighted by atomic mass is 9.86. The Morgan fingerprint density at radius 1 is 0.614 bits per heavy atom. The van der Waals surface area contributed by atoms with E-state index >= 15 is 0 Å². The van der Waals surface area contributed by atoms with Gasteiger partial charge in [-0.15, -0.1) is 0 Å². The summed E-state index contributed by atoms with van der Waals surface area (Å²) in [6, 6.07) is 35.1. The lowest BCUT2D eigenvalue weighted by Crippen LogP contribution is -1.93. The maximum Gasteiger partial charge on any atom is 0.136 e. The van der Waals surface area contributed by atoms with E-state index in [1.165, 1.54) is 80.7 Å². The SMILES string of the molecule is C/C=C\C=C(/C)c1c2ccccc2c(/C(C)=C/C=C2\Cc3ccc4c(ccc5oc6ccccc6c54)c3S2)c2ccccc12. The summed E-state index contributed by atoms with van der Waals surface area (Å²) < 4.78 is 6.17. The van der Waals surface area contributed by atoms with Crippen LogP contribution in [-0.4, -0.2) is 0 Å². The molecule has 0 spiro atoms. The van der Waals surface area contributed by atoms with Gasteiger partial charge in [0, 0.05) is 22.1 Å². The molecule has 0 bridgehead atoms. The molecule has 1 aromatic heterocycles. The molecule has 0 aliphatic carbocycles. The second-order valence-electron chi connectivity index (χ2n) is 11.7. The third-order valence-corrected chi connectivity index (χ3v) is 10.2. The third-order valence-electron chi connectivity index (χ3n) is 8.95. The molecule has 2 heteroatoms. The average molecular weight is 585 g/mol. The van der Waals surface area contributed by atoms with Crippen LogP contribution in [0.15, 0.2) is 142 Å². The Morgan fingerprint density at radius 3 is 1.86 bits per heavy atom. The van der Waals surface area contributed by atoms with E-state index in [0.29, 0.717) is 0 Å². The van der Waals surface area contributed by atoms with Gasteiger partial charge in [-0.2, -0.15) is 0 Å². The van der Waals surface area contributed by atoms with Gasteiger partial charge in [-0.3, -0.25) is 0 Å². The first-order chi connectivity index (χ1) is 21.6. The van der Waals surface area contributed by atoms with Gasteiger partial charge in [-0.25, -0.2) is 0 Å². The third kappa shape index (κ3) is 4.24. The summed E-state index contributed by atoms with van der Waals surface area (Å²) in [5, 5.41) is 10.2. The first-order valence-corrected chi connectivity index (χ1v) is 16.1. The summed E-state index contributed by atoms with van der Waals surface area (Å²) >= 11 is 1.91. The highest BCUT2D eigenvalue weighted by Gasteiger charge is 2.21. The highest BCUT2D eigenvalue weighted by atomic mass is 32.2. The minimum absolute atomic E-state index is 0.946. The van der Waals surface area contributed by atoms with Gasteiger partial charge in [0.15, 0.2) is 0 Å². The Hall–Kier alpha value is -4.79. The molecule has 8 rings (SSSR count). The van der Waals surface area contributed by atoms with Gasteiger partial charge in [-0.05, 0) is 104 Å². The molecule has 1 aliphatic rings. The van der Waals surface area contributed by atoms with Crippen molar-refractivity contribution in [3.05, 3.63) is 149 Å². The zero-order valence-corrected chi connectivity index (χ0v) is 26.0. The maximum atomic E-state index is 6.17. The molecule has 0 radical (unpaired) electrons. The normalized spacial score (nSPS) is 15.2. The number of rotatable bonds is 4. The molecule has 0 unspecified atom stereocenters. The quantitative estimate of drug-likeness (QED) is 0.151. The number of allylic oxidation sites excluding steroid dienone is 8. The van der Waals surface area contributed by atoms with Crippen molar-refractivity contribution in [1.29, 1.82) is 0 Å². The average Bonchev–Trinajstić information content (AvgIpc) is 3.66. The summed E-state index contributed by atoms with van der Waals surface area (Å²) in [6.07, 6.45) is 12.1. The number of furan rings is 1. The number of fused-ring (bicyclic) bond motifs is 9. The molecule has 0 fully saturated rings. The van der Waals surface area contributed by atoms with Crippen LogP contribution in [0.5, 0.6) is 0 Å². The van der Waals surface area contributed by atoms with Gasteiger partial charge >= 0.3 is 0 Å². The van der Waals surface area contributed by atoms with Crippen molar-refractivity contribution in [2.75, 3.05) is 0 Å². The number of para-hydroxylation sites is 1. The van der Waals surface area contributed by atoms with Crippen LogP contribution >= 0.6 is 11.8 Å². The number of hydrogen-bond acceptors (Lipinski definition) is 2. The fraction of sp³-hybridized carbons (Fsp3) is 0.0952. The van der Waals surface area contributed by atoms with Crippen molar-refractivity contribution < 1.29 is 4.42 Å². The molecule has 212 valence electrons. The highest BCUT2D eigenvalue weighted by Crippen LogP contribution is 2.47. The van der Waals surface area contributed by atoms with Crippen LogP contribution in [0.1, 0.15) is 37.5 Å². The van der Waals surface area contributed by atoms with E-state index in [4.69, 9.17) is 4.42 Å². The monoisotopic (exact) mass is 584 g/mol. The van der Waals surface area contributed by atoms with Crippen molar-refractivity contribution >= 4 is 77.2 Å². The molecule has 0 saturated heterocycles. The van der Waals surface area contributed by atoms with Gasteiger partial charge in [0.25, 0.3) is 0 Å². The molecule has 7 aromatic rings. The summed E-state index contributed by atoms with van der Waals surface area (Å²) in [5.74, 6) is 0. The highest BCUT2D eigenvalue weighted by molar-refractivity contribution is 8.03. The lowest BCUT2D eigenvalue weighted by molar-refractivity contribution is 0.669. The molecule has 6 aromatic carbocycles. The smallest absolute Gasteiger partial charge is 0.136 e. The van der Waals surface area contributed by atoms with E-state index in [1.807, 2.05) is 17.8 Å². The molecule has 1 aliphatic heterocycles. The number of hydrogen-bond donors (Lipinski definition) is 0. The fourth-order valence-electron chi connectivity index (χ4n) is 6.96. The van der Waals surface area contributed by atoms with Crippen molar-refractivity contribution in [1.82, 2.24) is 0 Å². The summed E-state index contributed by atoms with van der Waals surface area (Å²) in [6.45, 7) is 6.55. The molecule has 1 nitrogen and oxygen atoms in total. The van der Waals surface area contributed by atoms with Crippen molar-refractivity contribution in [2.45, 2.75) is 32.1 Å². The molecular weight excluding hydrogens is 553 g/mol. The van der Waals surface area contributed by atoms with Gasteiger partial charge in [-0.1, -0.05) is 121 Å². The van der Waals surface area contributed by atoms with E-state index in [0.717, 1.165) is 17.6 Å². The van der Waals surface area contributed by atoms with Gasteiger partial charge in [0.2, 0.25) is 0 Å². The van der Waals surface area contributed by atoms with Gasteiger partial charge < -0.3 is 4.42 Å². The van der Waals surface area contributed by atoms with Crippen LogP contribution in [-0.2, 0) is 6.42 Å². The number of thioether (sulfide) groups is 1. The van der Waals surface area contributed by atoms with E-state index in [1.54, 1.807) is 0 Å². The van der Waals surface area contributed by atoms with E-state index in [-0.39, 0.29) is 0 Å². The Bertz CT molecular complexity index is 2350. The summed E-state index contributed by atoms with van der Waals surface area (Å²) in [5.41, 5.74) is 8.48. The van der Waals surface area contributed by atoms with Crippen LogP contribution in [0.4, 0.5) is 0 Å². The van der Waals surface area contributed by atoms with Gasteiger partial charge in [0.1, 0.15) is 11.2 Å². The molecule has 0 atom stereocenters. The predicted molar refractivity (Wildman–Crippen MR) is 192 cm³/mol. The van der Waals surface area contributed by atoms with E-state index in [9.17, 15) is 0 Å². The van der Waals surface area contributed by atoms with Crippen LogP contribution < -0.4 is 0 Å². The number of benzene rings is 6. The predicted octanol–water partition coefficient (Wildman–Crippen LogP) is 12.7. The van der Waals surface area contributed by atoms with Crippen molar-refractivity contribution in [3.8, 4) is 0 Å². The molecule has 0 amide bonds. The first kappa shape index (κ1) is 26.8. The van der Waals surface area contributed by atoms with Crippen LogP contribution in [0.25, 0.3) is 65.4 Å². The van der Waals surface area contributed by atoms with Crippen LogP contribution in [0, 0.1) is 0 Å². The lowest BCUT2D eigenvalue weighted by Gasteiger charge is -2.18. The molecule has 44 heavy (non-hydrogen) atoms. The topological polar surface area (TPSA) is 13.1 Å². The summed E-state index contributed by atoms with van der Waals surface area (Å²) in [7, 11) is 0. The maximum absolute atomic E-state index is 6.17. The Balaban J connectivity index is 1.23. The molecule has 0 N–H and O–H groups in total. The molecular formula is C42H32OS. The Kier molecular flexibility index (Phi) is 6.54. The van der Waals surface area contributed by atoms with Crippen LogP contribution in [0.3, 0.4) is 0 Å². The Labute approximate surface area is 261 Å². The van der Waals surface area contributed by atoms with Gasteiger partial charge in [0.05, 0.1) is 0 Å². The van der Waals surface area contributed by atoms with E-state index < -0.39 is 0 Å². The Morgan fingerprint density at radius 2 is 1.20 bits per heavy atom. The first-order valence-electron chi connectivity index (χ1n) is 15.3. The molecule has 2 heterocycles. The van der Waals surface area contributed by atoms with Crippen molar-refractivity contribution in [3.63, 3.8) is 0 Å².